The van der Waals surface area contributed by atoms with Gasteiger partial charge in [0.15, 0.2) is 0 Å². The Morgan fingerprint density at radius 2 is 1.32 bits per heavy atom. The number of hydrogen-bond donors (Lipinski definition) is 0. The van der Waals surface area contributed by atoms with Crippen LogP contribution in [-0.2, 0) is 15.8 Å². The van der Waals surface area contributed by atoms with Crippen LogP contribution in [0.2, 0.25) is 24.7 Å². The summed E-state index contributed by atoms with van der Waals surface area (Å²) < 4.78 is 13.3. The van der Waals surface area contributed by atoms with E-state index in [4.69, 9.17) is 9.16 Å². The van der Waals surface area contributed by atoms with Crippen molar-refractivity contribution >= 4 is 26.8 Å². The van der Waals surface area contributed by atoms with Crippen molar-refractivity contribution in [3.05, 3.63) is 109 Å². The minimum atomic E-state index is -2.67. The van der Waals surface area contributed by atoms with Crippen LogP contribution in [0.4, 0.5) is 0 Å². The fourth-order valence-corrected chi connectivity index (χ4v) is 9.91. The Morgan fingerprint density at radius 3 is 1.82 bits per heavy atom. The van der Waals surface area contributed by atoms with E-state index in [2.05, 4.69) is 137 Å². The highest BCUT2D eigenvalue weighted by Crippen LogP contribution is 2.38. The summed E-state index contributed by atoms with van der Waals surface area (Å²) in [5.74, 6) is 3.50. The van der Waals surface area contributed by atoms with Crippen LogP contribution in [0.1, 0.15) is 39.2 Å². The van der Waals surface area contributed by atoms with Gasteiger partial charge in [0.1, 0.15) is 8.07 Å². The molecule has 0 N–H and O–H groups in total. The first kappa shape index (κ1) is 29.9. The monoisotopic (exact) mass is 540 g/mol. The lowest BCUT2D eigenvalue weighted by atomic mass is 10.2. The molecule has 0 aliphatic rings. The van der Waals surface area contributed by atoms with Gasteiger partial charge in [-0.15, -0.1) is 11.5 Å². The predicted octanol–water partition coefficient (Wildman–Crippen LogP) is 7.37. The van der Waals surface area contributed by atoms with E-state index in [0.717, 1.165) is 6.42 Å². The van der Waals surface area contributed by atoms with Crippen molar-refractivity contribution in [3.8, 4) is 11.5 Å². The van der Waals surface area contributed by atoms with Crippen molar-refractivity contribution in [2.24, 2.45) is 0 Å². The van der Waals surface area contributed by atoms with E-state index < -0.39 is 16.4 Å². The molecule has 0 spiro atoms. The van der Waals surface area contributed by atoms with Crippen LogP contribution < -0.4 is 10.4 Å². The molecule has 0 bridgehead atoms. The third kappa shape index (κ3) is 8.68. The number of ether oxygens (including phenoxy) is 1. The topological polar surface area (TPSA) is 18.5 Å². The second-order valence-corrected chi connectivity index (χ2v) is 20.8. The molecular formula is C34H44O2Si2. The fraction of sp³-hybridized carbons (Fsp3) is 0.353. The van der Waals surface area contributed by atoms with E-state index in [1.807, 2.05) is 18.2 Å². The SMILES string of the molecule is CC(C)(C)[Si](OC(/C=C\CCOCc1ccccc1)CC#C[Si](C)(C)C)(c1ccccc1)c1ccccc1. The van der Waals surface area contributed by atoms with E-state index in [-0.39, 0.29) is 11.1 Å². The summed E-state index contributed by atoms with van der Waals surface area (Å²) in [6, 6.07) is 32.0. The zero-order valence-electron chi connectivity index (χ0n) is 24.0. The molecule has 0 heterocycles. The van der Waals surface area contributed by atoms with Gasteiger partial charge in [0.2, 0.25) is 0 Å². The Hall–Kier alpha value is -2.69. The maximum absolute atomic E-state index is 7.39. The summed E-state index contributed by atoms with van der Waals surface area (Å²) in [6.45, 7) is 15.2. The molecular weight excluding hydrogens is 497 g/mol. The average Bonchev–Trinajstić information content (AvgIpc) is 2.89. The zero-order valence-corrected chi connectivity index (χ0v) is 26.0. The fourth-order valence-electron chi connectivity index (χ4n) is 4.65. The van der Waals surface area contributed by atoms with Gasteiger partial charge in [0.25, 0.3) is 8.32 Å². The molecule has 0 saturated carbocycles. The lowest BCUT2D eigenvalue weighted by Crippen LogP contribution is -2.67. The van der Waals surface area contributed by atoms with Crippen LogP contribution in [0, 0.1) is 11.5 Å². The van der Waals surface area contributed by atoms with Gasteiger partial charge in [0.05, 0.1) is 19.3 Å². The Morgan fingerprint density at radius 1 is 0.789 bits per heavy atom. The first-order valence-corrected chi connectivity index (χ1v) is 19.1. The maximum atomic E-state index is 7.39. The van der Waals surface area contributed by atoms with Crippen molar-refractivity contribution in [3.63, 3.8) is 0 Å². The molecule has 38 heavy (non-hydrogen) atoms. The number of hydrogen-bond acceptors (Lipinski definition) is 2. The van der Waals surface area contributed by atoms with Gasteiger partial charge >= 0.3 is 0 Å². The highest BCUT2D eigenvalue weighted by atomic mass is 28.4. The van der Waals surface area contributed by atoms with Gasteiger partial charge in [-0.2, -0.15) is 0 Å². The van der Waals surface area contributed by atoms with E-state index >= 15 is 0 Å². The third-order valence-corrected chi connectivity index (χ3v) is 12.4. The highest BCUT2D eigenvalue weighted by molar-refractivity contribution is 6.99. The summed E-state index contributed by atoms with van der Waals surface area (Å²) in [5.41, 5.74) is 4.75. The van der Waals surface area contributed by atoms with Gasteiger partial charge in [-0.1, -0.05) is 144 Å². The minimum absolute atomic E-state index is 0.0766. The molecule has 3 rings (SSSR count). The zero-order chi connectivity index (χ0) is 27.5. The molecule has 1 unspecified atom stereocenters. The van der Waals surface area contributed by atoms with Crippen LogP contribution >= 0.6 is 0 Å². The van der Waals surface area contributed by atoms with E-state index in [1.54, 1.807) is 0 Å². The molecule has 0 radical (unpaired) electrons. The lowest BCUT2D eigenvalue weighted by molar-refractivity contribution is 0.125. The molecule has 0 aromatic heterocycles. The van der Waals surface area contributed by atoms with E-state index in [0.29, 0.717) is 19.6 Å². The van der Waals surface area contributed by atoms with Gasteiger partial charge in [0, 0.05) is 6.42 Å². The Balaban J connectivity index is 1.88. The maximum Gasteiger partial charge on any atom is 0.261 e. The van der Waals surface area contributed by atoms with Gasteiger partial charge in [-0.25, -0.2) is 0 Å². The molecule has 2 nitrogen and oxygen atoms in total. The third-order valence-electron chi connectivity index (χ3n) is 6.40. The van der Waals surface area contributed by atoms with Crippen LogP contribution in [0.15, 0.2) is 103 Å². The summed E-state index contributed by atoms with van der Waals surface area (Å²) in [6.07, 6.45) is 5.87. The molecule has 0 amide bonds. The van der Waals surface area contributed by atoms with Crippen molar-refractivity contribution in [2.45, 2.75) is 71.0 Å². The predicted molar refractivity (Wildman–Crippen MR) is 168 cm³/mol. The molecule has 1 atom stereocenters. The quantitative estimate of drug-likeness (QED) is 0.109. The summed E-state index contributed by atoms with van der Waals surface area (Å²) in [4.78, 5) is 0. The molecule has 3 aromatic carbocycles. The first-order chi connectivity index (χ1) is 18.1. The Labute approximate surface area is 233 Å². The van der Waals surface area contributed by atoms with Gasteiger partial charge < -0.3 is 9.16 Å². The molecule has 0 saturated heterocycles. The van der Waals surface area contributed by atoms with E-state index in [9.17, 15) is 0 Å². The molecule has 4 heteroatoms. The molecule has 0 aliphatic carbocycles. The number of benzene rings is 3. The van der Waals surface area contributed by atoms with Crippen molar-refractivity contribution < 1.29 is 9.16 Å². The lowest BCUT2D eigenvalue weighted by Gasteiger charge is -2.44. The second-order valence-electron chi connectivity index (χ2n) is 11.8. The molecule has 3 aromatic rings. The van der Waals surface area contributed by atoms with Crippen LogP contribution in [-0.4, -0.2) is 29.1 Å². The smallest absolute Gasteiger partial charge is 0.261 e. The van der Waals surface area contributed by atoms with Crippen LogP contribution in [0.25, 0.3) is 0 Å². The normalized spacial score (nSPS) is 13.2. The summed E-state index contributed by atoms with van der Waals surface area (Å²) in [5, 5.41) is 2.51. The number of rotatable bonds is 11. The average molecular weight is 541 g/mol. The second kappa shape index (κ2) is 13.9. The van der Waals surface area contributed by atoms with Crippen molar-refractivity contribution in [1.82, 2.24) is 0 Å². The Bertz CT molecular complexity index is 1140. The minimum Gasteiger partial charge on any atom is -0.400 e. The molecule has 200 valence electrons. The van der Waals surface area contributed by atoms with Crippen LogP contribution in [0.5, 0.6) is 0 Å². The van der Waals surface area contributed by atoms with Crippen molar-refractivity contribution in [1.29, 1.82) is 0 Å². The highest BCUT2D eigenvalue weighted by Gasteiger charge is 2.51. The summed E-state index contributed by atoms with van der Waals surface area (Å²) in [7, 11) is -4.14. The Kier molecular flexibility index (Phi) is 10.9. The van der Waals surface area contributed by atoms with Crippen LogP contribution in [0.3, 0.4) is 0 Å². The summed E-state index contributed by atoms with van der Waals surface area (Å²) >= 11 is 0. The standard InChI is InChI=1S/C34H44O2Si2/c1-34(2,3)38(32-23-12-8-13-24-32,33-25-14-9-15-26-33)36-31(22-18-28-37(4,5)6)21-16-17-27-35-29-30-19-10-7-11-20-30/h7-16,19-21,23-26,31H,17,22,27,29H2,1-6H3/b21-16-. The van der Waals surface area contributed by atoms with Gasteiger partial charge in [-0.05, 0) is 27.4 Å². The van der Waals surface area contributed by atoms with Crippen molar-refractivity contribution in [2.75, 3.05) is 6.61 Å². The first-order valence-electron chi connectivity index (χ1n) is 13.7. The van der Waals surface area contributed by atoms with E-state index in [1.165, 1.54) is 15.9 Å². The largest absolute Gasteiger partial charge is 0.400 e. The molecule has 0 aliphatic heterocycles. The molecule has 0 fully saturated rings. The van der Waals surface area contributed by atoms with Gasteiger partial charge in [-0.3, -0.25) is 0 Å².